The van der Waals surface area contributed by atoms with Gasteiger partial charge < -0.3 is 5.11 Å². The fraction of sp³-hybridized carbons (Fsp3) is 0.400. The molecule has 2 aromatic heterocycles. The van der Waals surface area contributed by atoms with Gasteiger partial charge in [-0.15, -0.1) is 0 Å². The van der Waals surface area contributed by atoms with Crippen LogP contribution >= 0.6 is 0 Å². The lowest BCUT2D eigenvalue weighted by Crippen LogP contribution is -2.36. The Morgan fingerprint density at radius 1 is 1.03 bits per heavy atom. The molecule has 0 saturated carbocycles. The van der Waals surface area contributed by atoms with Crippen LogP contribution in [0.4, 0.5) is 26.3 Å². The van der Waals surface area contributed by atoms with Crippen molar-refractivity contribution in [1.29, 1.82) is 0 Å². The van der Waals surface area contributed by atoms with Crippen molar-refractivity contribution in [2.24, 2.45) is 7.05 Å². The number of sulfonamides is 1. The Hall–Kier alpha value is -2.91. The van der Waals surface area contributed by atoms with Gasteiger partial charge in [-0.1, -0.05) is 18.2 Å². The number of aliphatic hydroxyl groups is 1. The van der Waals surface area contributed by atoms with Gasteiger partial charge in [0.2, 0.25) is 10.0 Å². The highest BCUT2D eigenvalue weighted by Crippen LogP contribution is 2.34. The molecule has 0 saturated heterocycles. The summed E-state index contributed by atoms with van der Waals surface area (Å²) >= 11 is 0. The van der Waals surface area contributed by atoms with E-state index in [9.17, 15) is 39.9 Å². The Bertz CT molecular complexity index is 1360. The molecule has 1 aromatic carbocycles. The first-order chi connectivity index (χ1) is 16.2. The minimum absolute atomic E-state index is 0.0304. The van der Waals surface area contributed by atoms with E-state index in [0.717, 1.165) is 27.3 Å². The van der Waals surface area contributed by atoms with Gasteiger partial charge in [-0.25, -0.2) is 13.1 Å². The quantitative estimate of drug-likeness (QED) is 0.484. The molecule has 1 aliphatic carbocycles. The van der Waals surface area contributed by atoms with Crippen LogP contribution < -0.4 is 4.72 Å². The molecular formula is C20H19F6N5O3S. The average molecular weight is 523 g/mol. The maximum absolute atomic E-state index is 13.2. The van der Waals surface area contributed by atoms with E-state index in [1.807, 2.05) is 0 Å². The lowest BCUT2D eigenvalue weighted by molar-refractivity contribution is -0.144. The predicted molar refractivity (Wildman–Crippen MR) is 108 cm³/mol. The number of alkyl halides is 6. The summed E-state index contributed by atoms with van der Waals surface area (Å²) in [7, 11) is -3.35. The van der Waals surface area contributed by atoms with Crippen LogP contribution in [0.5, 0.6) is 0 Å². The second-order valence-corrected chi connectivity index (χ2v) is 9.88. The van der Waals surface area contributed by atoms with Crippen molar-refractivity contribution in [2.75, 3.05) is 0 Å². The van der Waals surface area contributed by atoms with E-state index in [1.165, 1.54) is 7.05 Å². The van der Waals surface area contributed by atoms with Gasteiger partial charge in [0.1, 0.15) is 4.90 Å². The van der Waals surface area contributed by atoms with Gasteiger partial charge in [0.15, 0.2) is 11.4 Å². The normalized spacial score (nSPS) is 16.6. The minimum atomic E-state index is -4.95. The standard InChI is InChI=1S/C20H19F6N5O3S/c1-30-9-16(18(27-30)20(24,25)26)35(33,34)29-15-5-12-3-2-11(4-13(12)6-15)7-31-8-14(10-32)17(28-31)19(21,22)23/h2-4,8-9,15,29,32H,5-7,10H2,1H3/t15-/m0/s1. The highest BCUT2D eigenvalue weighted by atomic mass is 32.2. The summed E-state index contributed by atoms with van der Waals surface area (Å²) in [6.07, 6.45) is -7.38. The first-order valence-corrected chi connectivity index (χ1v) is 11.6. The fourth-order valence-electron chi connectivity index (χ4n) is 4.08. The van der Waals surface area contributed by atoms with Crippen molar-refractivity contribution >= 4 is 10.0 Å². The molecule has 1 atom stereocenters. The summed E-state index contributed by atoms with van der Waals surface area (Å²) in [5.41, 5.74) is -0.991. The first kappa shape index (κ1) is 25.2. The molecule has 0 amide bonds. The maximum atomic E-state index is 13.2. The van der Waals surface area contributed by atoms with E-state index >= 15 is 0 Å². The van der Waals surface area contributed by atoms with Crippen LogP contribution in [0.15, 0.2) is 35.5 Å². The van der Waals surface area contributed by atoms with E-state index in [1.54, 1.807) is 18.2 Å². The molecule has 0 aliphatic heterocycles. The van der Waals surface area contributed by atoms with Crippen LogP contribution in [0.25, 0.3) is 0 Å². The molecular weight excluding hydrogens is 504 g/mol. The Kier molecular flexibility index (Phi) is 6.22. The topological polar surface area (TPSA) is 102 Å². The number of hydrogen-bond donors (Lipinski definition) is 2. The number of aliphatic hydroxyl groups excluding tert-OH is 1. The largest absolute Gasteiger partial charge is 0.436 e. The molecule has 2 heterocycles. The van der Waals surface area contributed by atoms with Crippen molar-refractivity contribution in [2.45, 2.75) is 49.3 Å². The van der Waals surface area contributed by atoms with Crippen molar-refractivity contribution in [1.82, 2.24) is 24.3 Å². The van der Waals surface area contributed by atoms with E-state index in [0.29, 0.717) is 11.1 Å². The van der Waals surface area contributed by atoms with Crippen molar-refractivity contribution in [3.8, 4) is 0 Å². The fourth-order valence-corrected chi connectivity index (χ4v) is 5.52. The smallest absolute Gasteiger partial charge is 0.392 e. The molecule has 0 bridgehead atoms. The summed E-state index contributed by atoms with van der Waals surface area (Å²) in [5.74, 6) is 0. The van der Waals surface area contributed by atoms with Crippen LogP contribution in [-0.2, 0) is 55.4 Å². The third-order valence-electron chi connectivity index (χ3n) is 5.50. The number of halogens is 6. The van der Waals surface area contributed by atoms with E-state index in [4.69, 9.17) is 0 Å². The molecule has 0 unspecified atom stereocenters. The van der Waals surface area contributed by atoms with Gasteiger partial charge in [-0.05, 0) is 29.5 Å². The van der Waals surface area contributed by atoms with Gasteiger partial charge in [-0.2, -0.15) is 36.5 Å². The number of rotatable bonds is 6. The SMILES string of the molecule is Cn1cc(S(=O)(=O)N[C@H]2Cc3ccc(Cn4cc(CO)c(C(F)(F)F)n4)cc3C2)c(C(F)(F)F)n1. The molecule has 190 valence electrons. The zero-order valence-corrected chi connectivity index (χ0v) is 18.8. The molecule has 8 nitrogen and oxygen atoms in total. The second-order valence-electron chi connectivity index (χ2n) is 8.20. The minimum Gasteiger partial charge on any atom is -0.392 e. The number of benzene rings is 1. The average Bonchev–Trinajstić information content (AvgIpc) is 3.42. The van der Waals surface area contributed by atoms with E-state index < -0.39 is 51.3 Å². The van der Waals surface area contributed by atoms with Crippen molar-refractivity contribution < 1.29 is 39.9 Å². The van der Waals surface area contributed by atoms with E-state index in [-0.39, 0.29) is 24.9 Å². The van der Waals surface area contributed by atoms with Crippen molar-refractivity contribution in [3.05, 3.63) is 64.2 Å². The number of nitrogens with one attached hydrogen (secondary N) is 1. The molecule has 35 heavy (non-hydrogen) atoms. The Morgan fingerprint density at radius 2 is 1.69 bits per heavy atom. The molecule has 1 aliphatic rings. The second kappa shape index (κ2) is 8.64. The molecule has 4 rings (SSSR count). The van der Waals surface area contributed by atoms with Crippen molar-refractivity contribution in [3.63, 3.8) is 0 Å². The first-order valence-electron chi connectivity index (χ1n) is 10.2. The van der Waals surface area contributed by atoms with Crippen LogP contribution in [0.3, 0.4) is 0 Å². The molecule has 0 fully saturated rings. The Balaban J connectivity index is 1.50. The van der Waals surface area contributed by atoms with Gasteiger partial charge in [-0.3, -0.25) is 9.36 Å². The third kappa shape index (κ3) is 5.21. The van der Waals surface area contributed by atoms with Crippen LogP contribution in [0.1, 0.15) is 33.6 Å². The highest BCUT2D eigenvalue weighted by molar-refractivity contribution is 7.89. The maximum Gasteiger partial charge on any atom is 0.436 e. The number of nitrogens with zero attached hydrogens (tertiary/aromatic N) is 4. The highest BCUT2D eigenvalue weighted by Gasteiger charge is 2.42. The third-order valence-corrected chi connectivity index (χ3v) is 7.02. The summed E-state index contributed by atoms with van der Waals surface area (Å²) < 4.78 is 108. The molecule has 0 radical (unpaired) electrons. The van der Waals surface area contributed by atoms with Crippen LogP contribution in [0, 0.1) is 0 Å². The summed E-state index contributed by atoms with van der Waals surface area (Å²) in [4.78, 5) is -0.969. The Labute approximate surface area is 195 Å². The molecule has 0 spiro atoms. The monoisotopic (exact) mass is 523 g/mol. The summed E-state index contributed by atoms with van der Waals surface area (Å²) in [5, 5.41) is 15.9. The zero-order chi connectivity index (χ0) is 25.8. The predicted octanol–water partition coefficient (Wildman–Crippen LogP) is 2.64. The lowest BCUT2D eigenvalue weighted by Gasteiger charge is -2.13. The number of hydrogen-bond acceptors (Lipinski definition) is 5. The molecule has 2 N–H and O–H groups in total. The summed E-state index contributed by atoms with van der Waals surface area (Å²) in [6.45, 7) is -0.856. The number of fused-ring (bicyclic) bond motifs is 1. The molecule has 15 heteroatoms. The van der Waals surface area contributed by atoms with Crippen LogP contribution in [0.2, 0.25) is 0 Å². The van der Waals surface area contributed by atoms with Gasteiger partial charge in [0.05, 0.1) is 13.2 Å². The zero-order valence-electron chi connectivity index (χ0n) is 18.0. The molecule has 3 aromatic rings. The lowest BCUT2D eigenvalue weighted by atomic mass is 10.1. The Morgan fingerprint density at radius 3 is 2.29 bits per heavy atom. The van der Waals surface area contributed by atoms with E-state index in [2.05, 4.69) is 14.9 Å². The number of aromatic nitrogens is 4. The van der Waals surface area contributed by atoms with Gasteiger partial charge in [0.25, 0.3) is 0 Å². The summed E-state index contributed by atoms with van der Waals surface area (Å²) in [6, 6.07) is 4.30. The van der Waals surface area contributed by atoms with Gasteiger partial charge in [0, 0.05) is 31.0 Å². The van der Waals surface area contributed by atoms with Gasteiger partial charge >= 0.3 is 12.4 Å². The van der Waals surface area contributed by atoms with Crippen LogP contribution in [-0.4, -0.2) is 39.1 Å². The number of aryl methyl sites for hydroxylation is 1.